The van der Waals surface area contributed by atoms with Crippen LogP contribution in [0.1, 0.15) is 0 Å². The molecule has 0 aromatic heterocycles. The van der Waals surface area contributed by atoms with E-state index in [9.17, 15) is 0 Å². The van der Waals surface area contributed by atoms with Crippen molar-refractivity contribution in [1.29, 1.82) is 0 Å². The number of halogens is 3. The molecule has 0 aromatic carbocycles. The van der Waals surface area contributed by atoms with E-state index in [-0.39, 0.29) is 19.0 Å². The van der Waals surface area contributed by atoms with Crippen molar-refractivity contribution in [1.82, 2.24) is 5.06 Å². The van der Waals surface area contributed by atoms with Gasteiger partial charge in [-0.25, -0.2) is 0 Å². The van der Waals surface area contributed by atoms with Gasteiger partial charge in [0.2, 0.25) is 0 Å². The van der Waals surface area contributed by atoms with Crippen LogP contribution in [0.4, 0.5) is 0 Å². The summed E-state index contributed by atoms with van der Waals surface area (Å²) in [5.74, 6) is 0. The second kappa shape index (κ2) is 5.92. The van der Waals surface area contributed by atoms with Gasteiger partial charge >= 0.3 is 0 Å². The minimum atomic E-state index is -0.505. The molecule has 2 nitrogen and oxygen atoms in total. The van der Waals surface area contributed by atoms with E-state index in [0.717, 1.165) is 5.06 Å². The number of nitrogens with zero attached hydrogens (tertiary/aromatic N) is 1. The van der Waals surface area contributed by atoms with Crippen LogP contribution in [-0.2, 0) is 0 Å². The maximum absolute atomic E-state index is 8.39. The highest BCUT2D eigenvalue weighted by Gasteiger charge is 1.98. The molecule has 0 bridgehead atoms. The average Bonchev–Trinajstić information content (AvgIpc) is 1.27. The third kappa shape index (κ3) is 9.92. The van der Waals surface area contributed by atoms with Gasteiger partial charge in [-0.05, 0) is 0 Å². The lowest BCUT2D eigenvalue weighted by Gasteiger charge is -2.05. The van der Waals surface area contributed by atoms with Crippen LogP contribution < -0.4 is 0 Å². The van der Waals surface area contributed by atoms with Crippen molar-refractivity contribution in [2.45, 2.75) is 4.84 Å². The summed E-state index contributed by atoms with van der Waals surface area (Å²) in [5.41, 5.74) is 0. The van der Waals surface area contributed by atoms with Gasteiger partial charge in [-0.2, -0.15) is 5.06 Å². The first-order valence-electron chi connectivity index (χ1n) is 1.81. The van der Waals surface area contributed by atoms with E-state index in [2.05, 4.69) is 0 Å². The SMILES string of the molecule is CN(O)CC(Cl)Cl.Cl. The summed E-state index contributed by atoms with van der Waals surface area (Å²) >= 11 is 10.5. The highest BCUT2D eigenvalue weighted by molar-refractivity contribution is 6.44. The predicted molar refractivity (Wildman–Crippen MR) is 37.2 cm³/mol. The molecule has 0 aromatic rings. The van der Waals surface area contributed by atoms with Gasteiger partial charge in [0.05, 0.1) is 6.54 Å². The number of hydrogen-bond donors (Lipinski definition) is 1. The van der Waals surface area contributed by atoms with Crippen molar-refractivity contribution >= 4 is 35.6 Å². The Bertz CT molecular complexity index is 43.8. The Hall–Kier alpha value is 0.790. The van der Waals surface area contributed by atoms with Gasteiger partial charge in [0.15, 0.2) is 0 Å². The molecule has 0 unspecified atom stereocenters. The van der Waals surface area contributed by atoms with Gasteiger partial charge in [-0.15, -0.1) is 35.6 Å². The first-order chi connectivity index (χ1) is 3.13. The molecule has 0 atom stereocenters. The maximum Gasteiger partial charge on any atom is 0.122 e. The Labute approximate surface area is 64.7 Å². The minimum Gasteiger partial charge on any atom is -0.314 e. The first-order valence-corrected chi connectivity index (χ1v) is 2.68. The van der Waals surface area contributed by atoms with Gasteiger partial charge < -0.3 is 5.21 Å². The molecule has 0 aliphatic rings. The second-order valence-electron chi connectivity index (χ2n) is 1.23. The second-order valence-corrected chi connectivity index (χ2v) is 2.51. The van der Waals surface area contributed by atoms with E-state index in [1.54, 1.807) is 0 Å². The van der Waals surface area contributed by atoms with Gasteiger partial charge in [-0.3, -0.25) is 0 Å². The lowest BCUT2D eigenvalue weighted by atomic mass is 10.7. The van der Waals surface area contributed by atoms with Crippen LogP contribution in [0, 0.1) is 0 Å². The molecule has 0 saturated heterocycles. The predicted octanol–water partition coefficient (Wildman–Crippen LogP) is 1.53. The van der Waals surface area contributed by atoms with E-state index < -0.39 is 4.84 Å². The summed E-state index contributed by atoms with van der Waals surface area (Å²) in [5, 5.41) is 9.32. The molecule has 52 valence electrons. The lowest BCUT2D eigenvalue weighted by Crippen LogP contribution is -2.18. The van der Waals surface area contributed by atoms with E-state index in [1.165, 1.54) is 7.05 Å². The zero-order valence-corrected chi connectivity index (χ0v) is 6.67. The monoisotopic (exact) mass is 179 g/mol. The number of rotatable bonds is 2. The summed E-state index contributed by atoms with van der Waals surface area (Å²) in [6, 6.07) is 0. The third-order valence-corrected chi connectivity index (χ3v) is 0.678. The molecule has 0 fully saturated rings. The summed E-state index contributed by atoms with van der Waals surface area (Å²) < 4.78 is 0. The zero-order valence-electron chi connectivity index (χ0n) is 4.34. The molecule has 0 saturated carbocycles. The molecule has 0 spiro atoms. The molecule has 1 N–H and O–H groups in total. The maximum atomic E-state index is 8.39. The molecular formula is C3H8Cl3NO. The Morgan fingerprint density at radius 1 is 1.62 bits per heavy atom. The molecule has 0 amide bonds. The topological polar surface area (TPSA) is 23.5 Å². The summed E-state index contributed by atoms with van der Waals surface area (Å²) in [6.45, 7) is 0.281. The summed E-state index contributed by atoms with van der Waals surface area (Å²) in [4.78, 5) is -0.505. The summed E-state index contributed by atoms with van der Waals surface area (Å²) in [6.07, 6.45) is 0. The van der Waals surface area contributed by atoms with Gasteiger partial charge in [0.25, 0.3) is 0 Å². The normalized spacial score (nSPS) is 9.75. The van der Waals surface area contributed by atoms with Crippen molar-refractivity contribution in [3.8, 4) is 0 Å². The highest BCUT2D eigenvalue weighted by Crippen LogP contribution is 2.00. The largest absolute Gasteiger partial charge is 0.314 e. The summed E-state index contributed by atoms with van der Waals surface area (Å²) in [7, 11) is 1.48. The van der Waals surface area contributed by atoms with Crippen molar-refractivity contribution in [2.24, 2.45) is 0 Å². The zero-order chi connectivity index (χ0) is 5.86. The van der Waals surface area contributed by atoms with Crippen molar-refractivity contribution in [3.05, 3.63) is 0 Å². The fourth-order valence-corrected chi connectivity index (χ4v) is 0.599. The van der Waals surface area contributed by atoms with Gasteiger partial charge in [0.1, 0.15) is 4.84 Å². The smallest absolute Gasteiger partial charge is 0.122 e. The molecule has 0 aliphatic heterocycles. The Balaban J connectivity index is 0. The van der Waals surface area contributed by atoms with Gasteiger partial charge in [0, 0.05) is 7.05 Å². The minimum absolute atomic E-state index is 0. The fraction of sp³-hybridized carbons (Fsp3) is 1.00. The number of alkyl halides is 2. The van der Waals surface area contributed by atoms with Crippen LogP contribution in [0.25, 0.3) is 0 Å². The van der Waals surface area contributed by atoms with Crippen molar-refractivity contribution < 1.29 is 5.21 Å². The Kier molecular flexibility index (Phi) is 8.56. The Morgan fingerprint density at radius 2 is 2.00 bits per heavy atom. The quantitative estimate of drug-likeness (QED) is 0.515. The van der Waals surface area contributed by atoms with E-state index in [0.29, 0.717) is 0 Å². The highest BCUT2D eigenvalue weighted by atomic mass is 35.5. The molecular weight excluding hydrogens is 172 g/mol. The van der Waals surface area contributed by atoms with Crippen molar-refractivity contribution in [3.63, 3.8) is 0 Å². The van der Waals surface area contributed by atoms with Gasteiger partial charge in [-0.1, -0.05) is 0 Å². The molecule has 0 heterocycles. The average molecular weight is 180 g/mol. The van der Waals surface area contributed by atoms with Crippen LogP contribution >= 0.6 is 35.6 Å². The number of hydrogen-bond acceptors (Lipinski definition) is 2. The van der Waals surface area contributed by atoms with Crippen LogP contribution in [0.3, 0.4) is 0 Å². The van der Waals surface area contributed by atoms with Crippen molar-refractivity contribution in [2.75, 3.05) is 13.6 Å². The third-order valence-electron chi connectivity index (χ3n) is 0.402. The lowest BCUT2D eigenvalue weighted by molar-refractivity contribution is -0.0607. The van der Waals surface area contributed by atoms with E-state index in [4.69, 9.17) is 28.4 Å². The fourth-order valence-electron chi connectivity index (χ4n) is 0.200. The van der Waals surface area contributed by atoms with Crippen LogP contribution in [0.2, 0.25) is 0 Å². The number of hydroxylamine groups is 2. The molecule has 0 rings (SSSR count). The van der Waals surface area contributed by atoms with Crippen LogP contribution in [-0.4, -0.2) is 28.7 Å². The first kappa shape index (κ1) is 11.6. The van der Waals surface area contributed by atoms with Crippen LogP contribution in [0.15, 0.2) is 0 Å². The molecule has 5 heteroatoms. The molecule has 0 radical (unpaired) electrons. The van der Waals surface area contributed by atoms with E-state index >= 15 is 0 Å². The van der Waals surface area contributed by atoms with Crippen LogP contribution in [0.5, 0.6) is 0 Å². The standard InChI is InChI=1S/C3H7Cl2NO.ClH/c1-6(7)2-3(4)5;/h3,7H,2H2,1H3;1H. The molecule has 0 aliphatic carbocycles. The Morgan fingerprint density at radius 3 is 2.00 bits per heavy atom. The van der Waals surface area contributed by atoms with E-state index in [1.807, 2.05) is 0 Å². The molecule has 8 heavy (non-hydrogen) atoms.